The van der Waals surface area contributed by atoms with Crippen molar-refractivity contribution >= 4 is 16.6 Å². The van der Waals surface area contributed by atoms with Crippen LogP contribution < -0.4 is 5.32 Å². The Balaban J connectivity index is 1.88. The van der Waals surface area contributed by atoms with E-state index in [4.69, 9.17) is 0 Å². The molecule has 0 aliphatic heterocycles. The van der Waals surface area contributed by atoms with E-state index in [1.807, 2.05) is 0 Å². The number of rotatable bonds is 4. The van der Waals surface area contributed by atoms with Crippen molar-refractivity contribution in [3.05, 3.63) is 65.9 Å². The van der Waals surface area contributed by atoms with Gasteiger partial charge in [0.25, 0.3) is 0 Å². The summed E-state index contributed by atoms with van der Waals surface area (Å²) >= 11 is 0. The molecule has 0 bridgehead atoms. The monoisotopic (exact) mass is 278 g/mol. The van der Waals surface area contributed by atoms with E-state index in [2.05, 4.69) is 85.5 Å². The maximum Gasteiger partial charge on any atom is 0.0481 e. The molecule has 1 N–H and O–H groups in total. The van der Waals surface area contributed by atoms with Gasteiger partial charge >= 0.3 is 0 Å². The van der Waals surface area contributed by atoms with Crippen molar-refractivity contribution in [2.45, 2.75) is 26.3 Å². The summed E-state index contributed by atoms with van der Waals surface area (Å²) in [4.78, 5) is 0. The number of hydrogen-bond acceptors (Lipinski definition) is 1. The topological polar surface area (TPSA) is 17.0 Å². The minimum atomic E-state index is 0.529. The van der Waals surface area contributed by atoms with E-state index in [1.165, 1.54) is 27.7 Å². The number of para-hydroxylation sites is 2. The summed E-state index contributed by atoms with van der Waals surface area (Å²) in [5, 5.41) is 4.93. The molecule has 0 radical (unpaired) electrons. The van der Waals surface area contributed by atoms with Gasteiger partial charge in [-0.2, -0.15) is 0 Å². The Morgan fingerprint density at radius 1 is 1.00 bits per heavy atom. The molecule has 0 unspecified atom stereocenters. The summed E-state index contributed by atoms with van der Waals surface area (Å²) < 4.78 is 2.20. The van der Waals surface area contributed by atoms with Crippen molar-refractivity contribution in [1.82, 2.24) is 4.57 Å². The van der Waals surface area contributed by atoms with Gasteiger partial charge in [-0.05, 0) is 29.2 Å². The molecule has 0 saturated carbocycles. The normalized spacial score (nSPS) is 11.2. The summed E-state index contributed by atoms with van der Waals surface area (Å²) in [6.45, 7) is 5.32. The van der Waals surface area contributed by atoms with Crippen LogP contribution in [0.15, 0.2) is 54.7 Å². The number of hydrogen-bond donors (Lipinski definition) is 1. The first-order chi connectivity index (χ1) is 10.2. The molecule has 1 aromatic heterocycles. The van der Waals surface area contributed by atoms with Crippen LogP contribution in [-0.2, 0) is 13.6 Å². The van der Waals surface area contributed by atoms with Gasteiger partial charge in [0.05, 0.1) is 0 Å². The van der Waals surface area contributed by atoms with Gasteiger partial charge in [0.15, 0.2) is 0 Å². The van der Waals surface area contributed by atoms with Gasteiger partial charge in [0.2, 0.25) is 0 Å². The molecule has 0 amide bonds. The molecular weight excluding hydrogens is 256 g/mol. The smallest absolute Gasteiger partial charge is 0.0481 e. The first-order valence-corrected chi connectivity index (χ1v) is 7.52. The summed E-state index contributed by atoms with van der Waals surface area (Å²) in [5.74, 6) is 0.529. The van der Waals surface area contributed by atoms with E-state index >= 15 is 0 Å². The van der Waals surface area contributed by atoms with Gasteiger partial charge < -0.3 is 9.88 Å². The van der Waals surface area contributed by atoms with E-state index in [0.29, 0.717) is 5.92 Å². The third-order valence-electron chi connectivity index (χ3n) is 4.03. The van der Waals surface area contributed by atoms with Crippen molar-refractivity contribution < 1.29 is 0 Å². The molecule has 2 heteroatoms. The number of anilines is 1. The second-order valence-corrected chi connectivity index (χ2v) is 5.88. The Morgan fingerprint density at radius 3 is 2.52 bits per heavy atom. The summed E-state index contributed by atoms with van der Waals surface area (Å²) in [7, 11) is 2.11. The zero-order chi connectivity index (χ0) is 14.8. The zero-order valence-electron chi connectivity index (χ0n) is 12.9. The van der Waals surface area contributed by atoms with E-state index < -0.39 is 0 Å². The van der Waals surface area contributed by atoms with Crippen LogP contribution in [0.1, 0.15) is 30.9 Å². The highest BCUT2D eigenvalue weighted by Crippen LogP contribution is 2.26. The molecule has 2 aromatic carbocycles. The lowest BCUT2D eigenvalue weighted by molar-refractivity contribution is 0.865. The number of nitrogens with zero attached hydrogens (tertiary/aromatic N) is 1. The SMILES string of the molecule is CC(C)c1ccccc1NCc1cn(C)c2ccccc12. The highest BCUT2D eigenvalue weighted by Gasteiger charge is 2.08. The van der Waals surface area contributed by atoms with Crippen molar-refractivity contribution in [3.63, 3.8) is 0 Å². The molecule has 0 fully saturated rings. The molecular formula is C19H22N2. The van der Waals surface area contributed by atoms with E-state index in [-0.39, 0.29) is 0 Å². The molecule has 0 saturated heterocycles. The number of benzene rings is 2. The molecule has 0 aliphatic rings. The van der Waals surface area contributed by atoms with Gasteiger partial charge in [-0.3, -0.25) is 0 Å². The van der Waals surface area contributed by atoms with Crippen molar-refractivity contribution in [1.29, 1.82) is 0 Å². The van der Waals surface area contributed by atoms with Crippen LogP contribution in [0.25, 0.3) is 10.9 Å². The van der Waals surface area contributed by atoms with Crippen LogP contribution in [-0.4, -0.2) is 4.57 Å². The van der Waals surface area contributed by atoms with Crippen LogP contribution >= 0.6 is 0 Å². The van der Waals surface area contributed by atoms with Gasteiger partial charge in [0, 0.05) is 36.4 Å². The van der Waals surface area contributed by atoms with E-state index in [9.17, 15) is 0 Å². The molecule has 3 aromatic rings. The van der Waals surface area contributed by atoms with E-state index in [1.54, 1.807) is 0 Å². The lowest BCUT2D eigenvalue weighted by Gasteiger charge is -2.14. The first-order valence-electron chi connectivity index (χ1n) is 7.52. The number of aromatic nitrogens is 1. The largest absolute Gasteiger partial charge is 0.381 e. The highest BCUT2D eigenvalue weighted by atomic mass is 14.9. The van der Waals surface area contributed by atoms with Gasteiger partial charge in [0.1, 0.15) is 0 Å². The summed E-state index contributed by atoms with van der Waals surface area (Å²) in [6, 6.07) is 17.1. The molecule has 0 spiro atoms. The van der Waals surface area contributed by atoms with Gasteiger partial charge in [-0.25, -0.2) is 0 Å². The van der Waals surface area contributed by atoms with Crippen LogP contribution in [0, 0.1) is 0 Å². The molecule has 0 atom stereocenters. The molecule has 108 valence electrons. The zero-order valence-corrected chi connectivity index (χ0v) is 12.9. The highest BCUT2D eigenvalue weighted by molar-refractivity contribution is 5.84. The van der Waals surface area contributed by atoms with Crippen molar-refractivity contribution in [2.75, 3.05) is 5.32 Å². The van der Waals surface area contributed by atoms with E-state index in [0.717, 1.165) is 6.54 Å². The summed E-state index contributed by atoms with van der Waals surface area (Å²) in [6.07, 6.45) is 2.22. The van der Waals surface area contributed by atoms with Crippen molar-refractivity contribution in [3.8, 4) is 0 Å². The van der Waals surface area contributed by atoms with Crippen LogP contribution in [0.5, 0.6) is 0 Å². The lowest BCUT2D eigenvalue weighted by atomic mass is 10.0. The fraction of sp³-hybridized carbons (Fsp3) is 0.263. The van der Waals surface area contributed by atoms with Gasteiger partial charge in [-0.1, -0.05) is 50.2 Å². The summed E-state index contributed by atoms with van der Waals surface area (Å²) in [5.41, 5.74) is 5.23. The average Bonchev–Trinajstić information content (AvgIpc) is 2.82. The Morgan fingerprint density at radius 2 is 1.71 bits per heavy atom. The quantitative estimate of drug-likeness (QED) is 0.717. The first kappa shape index (κ1) is 13.7. The van der Waals surface area contributed by atoms with Crippen LogP contribution in [0.4, 0.5) is 5.69 Å². The third kappa shape index (κ3) is 2.66. The van der Waals surface area contributed by atoms with Crippen molar-refractivity contribution in [2.24, 2.45) is 7.05 Å². The minimum absolute atomic E-state index is 0.529. The fourth-order valence-electron chi connectivity index (χ4n) is 2.92. The second kappa shape index (κ2) is 5.65. The Labute approximate surface area is 126 Å². The maximum atomic E-state index is 3.60. The Kier molecular flexibility index (Phi) is 3.70. The molecule has 3 rings (SSSR count). The number of nitrogens with one attached hydrogen (secondary N) is 1. The third-order valence-corrected chi connectivity index (χ3v) is 4.03. The second-order valence-electron chi connectivity index (χ2n) is 5.88. The van der Waals surface area contributed by atoms with Gasteiger partial charge in [-0.15, -0.1) is 0 Å². The minimum Gasteiger partial charge on any atom is -0.381 e. The lowest BCUT2D eigenvalue weighted by Crippen LogP contribution is -2.03. The van der Waals surface area contributed by atoms with Crippen LogP contribution in [0.2, 0.25) is 0 Å². The predicted molar refractivity (Wildman–Crippen MR) is 90.8 cm³/mol. The average molecular weight is 278 g/mol. The maximum absolute atomic E-state index is 3.60. The molecule has 21 heavy (non-hydrogen) atoms. The number of fused-ring (bicyclic) bond motifs is 1. The predicted octanol–water partition coefficient (Wildman–Crippen LogP) is 4.91. The standard InChI is InChI=1S/C19H22N2/c1-14(2)16-8-4-6-10-18(16)20-12-15-13-21(3)19-11-7-5-9-17(15)19/h4-11,13-14,20H,12H2,1-3H3. The molecule has 2 nitrogen and oxygen atoms in total. The van der Waals surface area contributed by atoms with Crippen LogP contribution in [0.3, 0.4) is 0 Å². The fourth-order valence-corrected chi connectivity index (χ4v) is 2.92. The molecule has 0 aliphatic carbocycles. The number of aryl methyl sites for hydroxylation is 1. The Bertz CT molecular complexity index is 753. The Hall–Kier alpha value is -2.22. The molecule has 1 heterocycles.